The molecule has 0 heterocycles. The van der Waals surface area contributed by atoms with Crippen molar-refractivity contribution < 1.29 is 9.53 Å². The standard InChI is InChI=1S/C9H16O2.ClH.H3N/c1-6(2)8(5)11-9(10)7(3)4;;/h6,8H,3H2,1-2,4-5H3;1H;1H3. The highest BCUT2D eigenvalue weighted by Crippen LogP contribution is 2.07. The van der Waals surface area contributed by atoms with Gasteiger partial charge in [-0.25, -0.2) is 4.79 Å². The van der Waals surface area contributed by atoms with Crippen molar-refractivity contribution in [3.63, 3.8) is 0 Å². The number of carbonyl (C=O) groups excluding carboxylic acids is 1. The Balaban J connectivity index is -0.000000500. The maximum Gasteiger partial charge on any atom is 0.333 e. The molecular formula is C9H20ClNO2. The van der Waals surface area contributed by atoms with Crippen molar-refractivity contribution in [3.05, 3.63) is 12.2 Å². The highest BCUT2D eigenvalue weighted by atomic mass is 35.5. The summed E-state index contributed by atoms with van der Waals surface area (Å²) in [4.78, 5) is 10.9. The summed E-state index contributed by atoms with van der Waals surface area (Å²) >= 11 is 0. The van der Waals surface area contributed by atoms with Gasteiger partial charge in [0.25, 0.3) is 0 Å². The van der Waals surface area contributed by atoms with E-state index in [4.69, 9.17) is 4.74 Å². The van der Waals surface area contributed by atoms with Crippen LogP contribution >= 0.6 is 12.4 Å². The van der Waals surface area contributed by atoms with Crippen LogP contribution in [0.1, 0.15) is 27.7 Å². The SMILES string of the molecule is C=C(C)C(=O)OC(C)C(C)C.Cl.N. The minimum Gasteiger partial charge on any atom is -0.459 e. The van der Waals surface area contributed by atoms with Crippen molar-refractivity contribution in [1.82, 2.24) is 6.15 Å². The van der Waals surface area contributed by atoms with Crippen molar-refractivity contribution in [1.29, 1.82) is 0 Å². The molecule has 1 unspecified atom stereocenters. The third kappa shape index (κ3) is 7.81. The maximum absolute atomic E-state index is 10.9. The summed E-state index contributed by atoms with van der Waals surface area (Å²) in [6, 6.07) is 0. The summed E-state index contributed by atoms with van der Waals surface area (Å²) in [6.07, 6.45) is -0.0285. The molecule has 0 aliphatic carbocycles. The van der Waals surface area contributed by atoms with Crippen molar-refractivity contribution in [2.24, 2.45) is 5.92 Å². The lowest BCUT2D eigenvalue weighted by atomic mass is 10.1. The van der Waals surface area contributed by atoms with E-state index >= 15 is 0 Å². The largest absolute Gasteiger partial charge is 0.459 e. The Labute approximate surface area is 86.5 Å². The predicted molar refractivity (Wildman–Crippen MR) is 57.5 cm³/mol. The van der Waals surface area contributed by atoms with Crippen LogP contribution in [0.3, 0.4) is 0 Å². The van der Waals surface area contributed by atoms with E-state index in [-0.39, 0.29) is 30.6 Å². The van der Waals surface area contributed by atoms with Crippen LogP contribution in [0.15, 0.2) is 12.2 Å². The molecule has 0 saturated carbocycles. The van der Waals surface area contributed by atoms with Gasteiger partial charge < -0.3 is 10.9 Å². The summed E-state index contributed by atoms with van der Waals surface area (Å²) in [5.74, 6) is 0.0597. The molecule has 0 rings (SSSR count). The lowest BCUT2D eigenvalue weighted by molar-refractivity contribution is -0.145. The molecule has 4 heteroatoms. The monoisotopic (exact) mass is 209 g/mol. The first kappa shape index (κ1) is 18.3. The van der Waals surface area contributed by atoms with Gasteiger partial charge in [0.15, 0.2) is 0 Å². The van der Waals surface area contributed by atoms with Gasteiger partial charge in [-0.3, -0.25) is 0 Å². The molecule has 0 fully saturated rings. The topological polar surface area (TPSA) is 61.3 Å². The summed E-state index contributed by atoms with van der Waals surface area (Å²) in [5, 5.41) is 0. The molecule has 0 bridgehead atoms. The Morgan fingerprint density at radius 2 is 1.69 bits per heavy atom. The minimum absolute atomic E-state index is 0. The van der Waals surface area contributed by atoms with Gasteiger partial charge in [-0.15, -0.1) is 12.4 Å². The smallest absolute Gasteiger partial charge is 0.333 e. The van der Waals surface area contributed by atoms with Crippen LogP contribution in [0, 0.1) is 5.92 Å². The number of ether oxygens (including phenoxy) is 1. The summed E-state index contributed by atoms with van der Waals surface area (Å²) < 4.78 is 5.03. The quantitative estimate of drug-likeness (QED) is 0.574. The fourth-order valence-corrected chi connectivity index (χ4v) is 0.406. The maximum atomic E-state index is 10.9. The summed E-state index contributed by atoms with van der Waals surface area (Å²) in [5.41, 5.74) is 0.456. The van der Waals surface area contributed by atoms with E-state index in [1.165, 1.54) is 0 Å². The van der Waals surface area contributed by atoms with E-state index < -0.39 is 0 Å². The third-order valence-electron chi connectivity index (χ3n) is 1.58. The van der Waals surface area contributed by atoms with E-state index in [9.17, 15) is 4.79 Å². The normalized spacial score (nSPS) is 10.8. The van der Waals surface area contributed by atoms with Crippen molar-refractivity contribution in [2.45, 2.75) is 33.8 Å². The van der Waals surface area contributed by atoms with Gasteiger partial charge in [0.2, 0.25) is 0 Å². The van der Waals surface area contributed by atoms with Crippen molar-refractivity contribution in [2.75, 3.05) is 0 Å². The van der Waals surface area contributed by atoms with E-state index in [0.29, 0.717) is 11.5 Å². The summed E-state index contributed by atoms with van der Waals surface area (Å²) in [7, 11) is 0. The Bertz CT molecular complexity index is 169. The first-order valence-corrected chi connectivity index (χ1v) is 3.81. The molecule has 13 heavy (non-hydrogen) atoms. The second-order valence-electron chi connectivity index (χ2n) is 3.13. The number of esters is 1. The summed E-state index contributed by atoms with van der Waals surface area (Å²) in [6.45, 7) is 11.0. The van der Waals surface area contributed by atoms with Gasteiger partial charge in [-0.2, -0.15) is 0 Å². The van der Waals surface area contributed by atoms with Crippen LogP contribution < -0.4 is 6.15 Å². The lowest BCUT2D eigenvalue weighted by Crippen LogP contribution is -2.20. The lowest BCUT2D eigenvalue weighted by Gasteiger charge is -2.16. The zero-order valence-corrected chi connectivity index (χ0v) is 9.61. The molecule has 0 aromatic rings. The fraction of sp³-hybridized carbons (Fsp3) is 0.667. The van der Waals surface area contributed by atoms with Gasteiger partial charge in [0, 0.05) is 5.57 Å². The third-order valence-corrected chi connectivity index (χ3v) is 1.58. The fourth-order valence-electron chi connectivity index (χ4n) is 0.406. The van der Waals surface area contributed by atoms with Gasteiger partial charge >= 0.3 is 5.97 Å². The number of halogens is 1. The Hall–Kier alpha value is -0.540. The molecule has 0 aliphatic rings. The molecule has 1 atom stereocenters. The zero-order valence-electron chi connectivity index (χ0n) is 8.79. The molecule has 0 saturated heterocycles. The minimum atomic E-state index is -0.300. The van der Waals surface area contributed by atoms with E-state index in [1.807, 2.05) is 20.8 Å². The number of carbonyl (C=O) groups is 1. The second-order valence-corrected chi connectivity index (χ2v) is 3.13. The van der Waals surface area contributed by atoms with E-state index in [1.54, 1.807) is 6.92 Å². The highest BCUT2D eigenvalue weighted by Gasteiger charge is 2.12. The van der Waals surface area contributed by atoms with Crippen LogP contribution in [-0.4, -0.2) is 12.1 Å². The van der Waals surface area contributed by atoms with Crippen LogP contribution in [0.25, 0.3) is 0 Å². The Morgan fingerprint density at radius 3 is 1.92 bits per heavy atom. The molecule has 0 aromatic heterocycles. The van der Waals surface area contributed by atoms with E-state index in [2.05, 4.69) is 6.58 Å². The molecule has 0 spiro atoms. The molecule has 0 amide bonds. The molecule has 3 N–H and O–H groups in total. The van der Waals surface area contributed by atoms with Crippen molar-refractivity contribution >= 4 is 18.4 Å². The molecule has 3 nitrogen and oxygen atoms in total. The van der Waals surface area contributed by atoms with Gasteiger partial charge in [0.1, 0.15) is 6.10 Å². The van der Waals surface area contributed by atoms with Gasteiger partial charge in [-0.1, -0.05) is 20.4 Å². The molecule has 0 radical (unpaired) electrons. The van der Waals surface area contributed by atoms with Gasteiger partial charge in [0.05, 0.1) is 0 Å². The Kier molecular flexibility index (Phi) is 11.4. The Morgan fingerprint density at radius 1 is 1.31 bits per heavy atom. The van der Waals surface area contributed by atoms with Crippen molar-refractivity contribution in [3.8, 4) is 0 Å². The predicted octanol–water partition coefficient (Wildman–Crippen LogP) is 2.73. The van der Waals surface area contributed by atoms with Crippen LogP contribution in [-0.2, 0) is 9.53 Å². The average molecular weight is 210 g/mol. The highest BCUT2D eigenvalue weighted by molar-refractivity contribution is 5.87. The first-order chi connectivity index (χ1) is 4.95. The van der Waals surface area contributed by atoms with Crippen LogP contribution in [0.5, 0.6) is 0 Å². The second kappa shape index (κ2) is 8.08. The number of rotatable bonds is 3. The first-order valence-electron chi connectivity index (χ1n) is 3.81. The molecular weight excluding hydrogens is 190 g/mol. The van der Waals surface area contributed by atoms with E-state index in [0.717, 1.165) is 0 Å². The molecule has 0 aromatic carbocycles. The zero-order chi connectivity index (χ0) is 9.02. The van der Waals surface area contributed by atoms with Crippen LogP contribution in [0.4, 0.5) is 0 Å². The van der Waals surface area contributed by atoms with Crippen LogP contribution in [0.2, 0.25) is 0 Å². The number of hydrogen-bond acceptors (Lipinski definition) is 3. The average Bonchev–Trinajstić information content (AvgIpc) is 1.87. The number of hydrogen-bond donors (Lipinski definition) is 1. The molecule has 80 valence electrons. The van der Waals surface area contributed by atoms with Gasteiger partial charge in [-0.05, 0) is 19.8 Å². The molecule has 0 aliphatic heterocycles.